The van der Waals surface area contributed by atoms with Crippen molar-refractivity contribution in [1.82, 2.24) is 4.90 Å². The Kier molecular flexibility index (Phi) is 3.49. The molecular formula is C20H21NO4. The normalized spacial score (nSPS) is 28.2. The molecule has 0 saturated heterocycles. The smallest absolute Gasteiger partial charge is 0.241 e. The van der Waals surface area contributed by atoms with Gasteiger partial charge in [-0.05, 0) is 36.1 Å². The highest BCUT2D eigenvalue weighted by molar-refractivity contribution is 6.10. The number of furan rings is 2. The van der Waals surface area contributed by atoms with Gasteiger partial charge in [-0.3, -0.25) is 9.59 Å². The third-order valence-electron chi connectivity index (χ3n) is 5.28. The first-order valence-electron chi connectivity index (χ1n) is 8.51. The van der Waals surface area contributed by atoms with Crippen LogP contribution in [-0.2, 0) is 16.1 Å². The molecule has 5 heteroatoms. The first kappa shape index (κ1) is 15.9. The van der Waals surface area contributed by atoms with Crippen molar-refractivity contribution in [3.8, 4) is 0 Å². The third-order valence-corrected chi connectivity index (χ3v) is 5.28. The first-order valence-corrected chi connectivity index (χ1v) is 8.51. The number of hydrogen-bond donors (Lipinski definition) is 0. The number of hydrogen-bond acceptors (Lipinski definition) is 4. The van der Waals surface area contributed by atoms with Gasteiger partial charge in [-0.2, -0.15) is 0 Å². The summed E-state index contributed by atoms with van der Waals surface area (Å²) in [6, 6.07) is 7.25. The molecule has 2 aliphatic rings. The molecule has 1 spiro atoms. The summed E-state index contributed by atoms with van der Waals surface area (Å²) in [6.45, 7) is 4.41. The Balaban J connectivity index is 1.78. The van der Waals surface area contributed by atoms with Crippen LogP contribution in [-0.4, -0.2) is 16.6 Å². The summed E-state index contributed by atoms with van der Waals surface area (Å²) < 4.78 is 10.9. The minimum atomic E-state index is -1.09. The van der Waals surface area contributed by atoms with Crippen LogP contribution in [0.5, 0.6) is 0 Å². The molecule has 2 aromatic rings. The molecule has 0 radical (unpaired) electrons. The van der Waals surface area contributed by atoms with Crippen LogP contribution in [0.15, 0.2) is 57.9 Å². The van der Waals surface area contributed by atoms with Crippen molar-refractivity contribution in [1.29, 1.82) is 0 Å². The number of ketones is 1. The van der Waals surface area contributed by atoms with Crippen LogP contribution in [0.4, 0.5) is 0 Å². The predicted molar refractivity (Wildman–Crippen MR) is 90.3 cm³/mol. The number of rotatable bonds is 3. The van der Waals surface area contributed by atoms with Gasteiger partial charge in [0.05, 0.1) is 25.0 Å². The second-order valence-electron chi connectivity index (χ2n) is 7.76. The fourth-order valence-electron chi connectivity index (χ4n) is 4.30. The maximum atomic E-state index is 13.5. The molecule has 1 aliphatic heterocycles. The second-order valence-corrected chi connectivity index (χ2v) is 7.76. The Bertz CT molecular complexity index is 816. The fraction of sp³-hybridized carbons (Fsp3) is 0.400. The number of carbonyl (C=O) groups is 2. The molecule has 1 saturated carbocycles. The van der Waals surface area contributed by atoms with Gasteiger partial charge in [0, 0.05) is 12.6 Å². The largest absolute Gasteiger partial charge is 0.469 e. The summed E-state index contributed by atoms with van der Waals surface area (Å²) in [7, 11) is 0. The van der Waals surface area contributed by atoms with E-state index in [2.05, 4.69) is 0 Å². The van der Waals surface area contributed by atoms with Gasteiger partial charge < -0.3 is 13.7 Å². The standard InChI is InChI=1S/C20H21NO4/c1-19(2)11-17(22)20(13-19)15(16-6-4-10-25-16)7-8-21(18(20)23)12-14-5-3-9-24-14/h3-10,15H,11-13H2,1-2H3/t15-,20+/m0/s1. The van der Waals surface area contributed by atoms with Crippen LogP contribution >= 0.6 is 0 Å². The minimum Gasteiger partial charge on any atom is -0.469 e. The molecule has 1 aliphatic carbocycles. The summed E-state index contributed by atoms with van der Waals surface area (Å²) in [4.78, 5) is 28.1. The Morgan fingerprint density at radius 2 is 1.92 bits per heavy atom. The molecule has 5 nitrogen and oxygen atoms in total. The van der Waals surface area contributed by atoms with Crippen molar-refractivity contribution in [2.45, 2.75) is 39.2 Å². The average Bonchev–Trinajstić information content (AvgIpc) is 3.27. The van der Waals surface area contributed by atoms with E-state index in [1.807, 2.05) is 32.1 Å². The molecule has 0 N–H and O–H groups in total. The van der Waals surface area contributed by atoms with Crippen LogP contribution in [0.1, 0.15) is 44.1 Å². The summed E-state index contributed by atoms with van der Waals surface area (Å²) in [5.41, 5.74) is -1.30. The van der Waals surface area contributed by atoms with Crippen LogP contribution in [0.3, 0.4) is 0 Å². The van der Waals surface area contributed by atoms with E-state index >= 15 is 0 Å². The Labute approximate surface area is 146 Å². The lowest BCUT2D eigenvalue weighted by Gasteiger charge is -2.40. The maximum absolute atomic E-state index is 13.5. The zero-order valence-corrected chi connectivity index (χ0v) is 14.4. The minimum absolute atomic E-state index is 0.00213. The molecule has 0 bridgehead atoms. The van der Waals surface area contributed by atoms with Gasteiger partial charge in [0.1, 0.15) is 22.7 Å². The van der Waals surface area contributed by atoms with E-state index in [0.717, 1.165) is 0 Å². The number of amides is 1. The fourth-order valence-corrected chi connectivity index (χ4v) is 4.30. The topological polar surface area (TPSA) is 63.7 Å². The highest BCUT2D eigenvalue weighted by Crippen LogP contribution is 2.56. The van der Waals surface area contributed by atoms with Gasteiger partial charge in [-0.1, -0.05) is 19.9 Å². The summed E-state index contributed by atoms with van der Waals surface area (Å²) in [5, 5.41) is 0. The quantitative estimate of drug-likeness (QED) is 0.796. The molecule has 130 valence electrons. The second kappa shape index (κ2) is 5.48. The average molecular weight is 339 g/mol. The van der Waals surface area contributed by atoms with Crippen molar-refractivity contribution in [3.05, 3.63) is 60.6 Å². The number of Topliss-reactive ketones (excluding diaryl/α,β-unsaturated/α-hetero) is 1. The third kappa shape index (κ3) is 2.46. The SMILES string of the molecule is CC1(C)CC(=O)[C@]2(C1)C(=O)N(Cc1ccco1)C=C[C@H]2c1ccco1. The van der Waals surface area contributed by atoms with Crippen molar-refractivity contribution in [3.63, 3.8) is 0 Å². The Hall–Kier alpha value is -2.56. The lowest BCUT2D eigenvalue weighted by Crippen LogP contribution is -2.50. The molecule has 4 rings (SSSR count). The van der Waals surface area contributed by atoms with Crippen molar-refractivity contribution in [2.75, 3.05) is 0 Å². The molecule has 2 atom stereocenters. The lowest BCUT2D eigenvalue weighted by molar-refractivity contribution is -0.149. The number of nitrogens with zero attached hydrogens (tertiary/aromatic N) is 1. The zero-order chi connectivity index (χ0) is 17.7. The van der Waals surface area contributed by atoms with Crippen LogP contribution in [0.2, 0.25) is 0 Å². The van der Waals surface area contributed by atoms with E-state index in [9.17, 15) is 9.59 Å². The van der Waals surface area contributed by atoms with E-state index in [1.54, 1.807) is 35.8 Å². The molecule has 2 aromatic heterocycles. The van der Waals surface area contributed by atoms with E-state index in [4.69, 9.17) is 8.83 Å². The maximum Gasteiger partial charge on any atom is 0.241 e. The zero-order valence-electron chi connectivity index (χ0n) is 14.4. The van der Waals surface area contributed by atoms with Crippen LogP contribution in [0, 0.1) is 10.8 Å². The van der Waals surface area contributed by atoms with Crippen LogP contribution < -0.4 is 0 Å². The van der Waals surface area contributed by atoms with E-state index in [-0.39, 0.29) is 23.0 Å². The molecule has 1 amide bonds. The monoisotopic (exact) mass is 339 g/mol. The van der Waals surface area contributed by atoms with Gasteiger partial charge in [0.25, 0.3) is 0 Å². The highest BCUT2D eigenvalue weighted by atomic mass is 16.3. The summed E-state index contributed by atoms with van der Waals surface area (Å²) in [6.07, 6.45) is 7.75. The van der Waals surface area contributed by atoms with Crippen molar-refractivity contribution in [2.24, 2.45) is 10.8 Å². The molecule has 25 heavy (non-hydrogen) atoms. The number of carbonyl (C=O) groups excluding carboxylic acids is 2. The van der Waals surface area contributed by atoms with Gasteiger partial charge >= 0.3 is 0 Å². The summed E-state index contributed by atoms with van der Waals surface area (Å²) >= 11 is 0. The van der Waals surface area contributed by atoms with Crippen molar-refractivity contribution < 1.29 is 18.4 Å². The molecule has 3 heterocycles. The van der Waals surface area contributed by atoms with Gasteiger partial charge in [0.15, 0.2) is 0 Å². The Morgan fingerprint density at radius 1 is 1.16 bits per heavy atom. The molecule has 0 aromatic carbocycles. The van der Waals surface area contributed by atoms with E-state index in [0.29, 0.717) is 30.9 Å². The van der Waals surface area contributed by atoms with Crippen LogP contribution in [0.25, 0.3) is 0 Å². The number of allylic oxidation sites excluding steroid dienone is 1. The first-order chi connectivity index (χ1) is 11.9. The van der Waals surface area contributed by atoms with Crippen molar-refractivity contribution >= 4 is 11.7 Å². The molecule has 1 fully saturated rings. The molecule has 0 unspecified atom stereocenters. The van der Waals surface area contributed by atoms with E-state index < -0.39 is 5.41 Å². The lowest BCUT2D eigenvalue weighted by atomic mass is 9.67. The van der Waals surface area contributed by atoms with E-state index in [1.165, 1.54) is 0 Å². The Morgan fingerprint density at radius 3 is 2.52 bits per heavy atom. The van der Waals surface area contributed by atoms with Gasteiger partial charge in [-0.15, -0.1) is 0 Å². The highest BCUT2D eigenvalue weighted by Gasteiger charge is 2.62. The summed E-state index contributed by atoms with van der Waals surface area (Å²) in [5.74, 6) is 0.820. The molecular weight excluding hydrogens is 318 g/mol. The van der Waals surface area contributed by atoms with Gasteiger partial charge in [-0.25, -0.2) is 0 Å². The van der Waals surface area contributed by atoms with Gasteiger partial charge in [0.2, 0.25) is 5.91 Å². The predicted octanol–water partition coefficient (Wildman–Crippen LogP) is 3.89.